The lowest BCUT2D eigenvalue weighted by Crippen LogP contribution is -2.46. The fourth-order valence-electron chi connectivity index (χ4n) is 4.92. The summed E-state index contributed by atoms with van der Waals surface area (Å²) in [5.41, 5.74) is 4.53. The Morgan fingerprint density at radius 1 is 1.00 bits per heavy atom. The van der Waals surface area contributed by atoms with E-state index in [2.05, 4.69) is 21.4 Å². The number of benzene rings is 2. The Kier molecular flexibility index (Phi) is 9.32. The maximum absolute atomic E-state index is 15.3. The number of amides is 5. The van der Waals surface area contributed by atoms with Gasteiger partial charge in [0, 0.05) is 39.2 Å². The van der Waals surface area contributed by atoms with Crippen molar-refractivity contribution >= 4 is 41.0 Å². The van der Waals surface area contributed by atoms with Gasteiger partial charge in [-0.25, -0.2) is 24.2 Å². The molecule has 45 heavy (non-hydrogen) atoms. The highest BCUT2D eigenvalue weighted by Gasteiger charge is 2.33. The number of urea groups is 1. The van der Waals surface area contributed by atoms with Gasteiger partial charge in [-0.1, -0.05) is 12.1 Å². The number of halogens is 1. The predicted octanol–water partition coefficient (Wildman–Crippen LogP) is 1.66. The highest BCUT2D eigenvalue weighted by Crippen LogP contribution is 2.28. The number of aromatic nitrogens is 1. The molecule has 3 heterocycles. The summed E-state index contributed by atoms with van der Waals surface area (Å²) in [5, 5.41) is 9.36. The van der Waals surface area contributed by atoms with Crippen molar-refractivity contribution in [3.05, 3.63) is 64.9 Å². The zero-order chi connectivity index (χ0) is 32.1. The lowest BCUT2D eigenvalue weighted by molar-refractivity contribution is -0.120. The van der Waals surface area contributed by atoms with Crippen LogP contribution in [0.25, 0.3) is 11.1 Å². The first-order valence-corrected chi connectivity index (χ1v) is 14.2. The molecule has 3 aromatic rings. The average molecular weight is 625 g/mol. The van der Waals surface area contributed by atoms with Crippen molar-refractivity contribution in [2.75, 3.05) is 54.4 Å². The monoisotopic (exact) mass is 624 g/mol. The van der Waals surface area contributed by atoms with E-state index in [9.17, 15) is 24.0 Å². The summed E-state index contributed by atoms with van der Waals surface area (Å²) >= 11 is 0. The van der Waals surface area contributed by atoms with Gasteiger partial charge in [0.25, 0.3) is 0 Å². The average Bonchev–Trinajstić information content (AvgIpc) is 3.46. The van der Waals surface area contributed by atoms with Gasteiger partial charge < -0.3 is 30.1 Å². The minimum absolute atomic E-state index is 0.0223. The molecular weight excluding hydrogens is 591 g/mol. The summed E-state index contributed by atoms with van der Waals surface area (Å²) < 4.78 is 26.9. The highest BCUT2D eigenvalue weighted by molar-refractivity contribution is 5.90. The number of anilines is 3. The van der Waals surface area contributed by atoms with Crippen molar-refractivity contribution in [3.8, 4) is 11.1 Å². The van der Waals surface area contributed by atoms with Crippen LogP contribution in [0.3, 0.4) is 0 Å². The number of hydrogen-bond donors (Lipinski definition) is 4. The molecule has 0 unspecified atom stereocenters. The van der Waals surface area contributed by atoms with Gasteiger partial charge in [-0.05, 0) is 35.9 Å². The number of nitrogens with zero attached hydrogens (tertiary/aromatic N) is 4. The van der Waals surface area contributed by atoms with Crippen molar-refractivity contribution < 1.29 is 32.8 Å². The van der Waals surface area contributed by atoms with Gasteiger partial charge >= 0.3 is 17.7 Å². The van der Waals surface area contributed by atoms with Crippen LogP contribution in [0.2, 0.25) is 0 Å². The van der Waals surface area contributed by atoms with Crippen LogP contribution in [0.4, 0.5) is 31.0 Å². The normalized spacial score (nSPS) is 16.6. The molecule has 0 aliphatic carbocycles. The zero-order valence-electron chi connectivity index (χ0n) is 24.7. The maximum Gasteiger partial charge on any atom is 0.414 e. The van der Waals surface area contributed by atoms with Crippen molar-refractivity contribution in [2.45, 2.75) is 26.6 Å². The summed E-state index contributed by atoms with van der Waals surface area (Å²) in [6.45, 7) is 4.47. The number of rotatable bonds is 8. The van der Waals surface area contributed by atoms with Crippen LogP contribution in [0.1, 0.15) is 13.8 Å². The Morgan fingerprint density at radius 3 is 2.47 bits per heavy atom. The molecular formula is C29H33FN8O7. The number of carbonyl (C=O) groups excluding carboxylic acids is 4. The molecule has 2 aromatic carbocycles. The van der Waals surface area contributed by atoms with Gasteiger partial charge in [-0.2, -0.15) is 4.74 Å². The molecule has 0 bridgehead atoms. The Labute approximate surface area is 256 Å². The minimum Gasteiger partial charge on any atom is -0.442 e. The minimum atomic E-state index is -0.615. The second kappa shape index (κ2) is 13.5. The highest BCUT2D eigenvalue weighted by atomic mass is 19.1. The molecule has 16 heteroatoms. The first-order valence-electron chi connectivity index (χ1n) is 14.2. The molecule has 2 saturated heterocycles. The Balaban J connectivity index is 1.16. The van der Waals surface area contributed by atoms with Gasteiger partial charge in [-0.15, -0.1) is 0 Å². The molecule has 1 aromatic heterocycles. The summed E-state index contributed by atoms with van der Waals surface area (Å²) in [4.78, 5) is 62.9. The molecule has 5 amide bonds. The van der Waals surface area contributed by atoms with Crippen molar-refractivity contribution in [1.82, 2.24) is 25.8 Å². The van der Waals surface area contributed by atoms with Crippen molar-refractivity contribution in [3.63, 3.8) is 0 Å². The third-order valence-electron chi connectivity index (χ3n) is 7.18. The quantitative estimate of drug-likeness (QED) is 0.291. The van der Waals surface area contributed by atoms with Gasteiger partial charge in [0.1, 0.15) is 18.6 Å². The molecule has 0 saturated carbocycles. The molecule has 4 N–H and O–H groups in total. The standard InChI is InChI=1S/C29H33FN8O7/c1-18(39)31-14-23-15-37(29(43)44-23)22-7-8-26(25(30)13-22)35-10-9-33-38(12-11-35)28(42)34-21-5-3-20(4-6-21)24-16-36(45-27(24)41)17-32-19(2)40/h3-8,13,16,23,33H,9-12,14-15,17H2,1-2H3,(H,31,39)(H,32,40)(H,34,42)/t23-/m0/s1. The van der Waals surface area contributed by atoms with E-state index in [1.807, 2.05) is 0 Å². The number of hydrogen-bond acceptors (Lipinski definition) is 9. The molecule has 5 rings (SSSR count). The van der Waals surface area contributed by atoms with E-state index in [-0.39, 0.29) is 38.1 Å². The largest absolute Gasteiger partial charge is 0.442 e. The van der Waals surface area contributed by atoms with Crippen LogP contribution in [0.15, 0.2) is 58.0 Å². The molecule has 2 aliphatic heterocycles. The summed E-state index contributed by atoms with van der Waals surface area (Å²) in [7, 11) is 0. The van der Waals surface area contributed by atoms with E-state index in [1.165, 1.54) is 40.8 Å². The van der Waals surface area contributed by atoms with Gasteiger partial charge in [0.2, 0.25) is 11.8 Å². The number of ether oxygens (including phenoxy) is 1. The van der Waals surface area contributed by atoms with E-state index in [1.54, 1.807) is 41.3 Å². The second-order valence-corrected chi connectivity index (χ2v) is 10.5. The number of cyclic esters (lactones) is 1. The Morgan fingerprint density at radius 2 is 1.76 bits per heavy atom. The van der Waals surface area contributed by atoms with Gasteiger partial charge in [0.05, 0.1) is 42.8 Å². The molecule has 0 radical (unpaired) electrons. The first-order chi connectivity index (χ1) is 21.6. The van der Waals surface area contributed by atoms with Gasteiger partial charge in [-0.3, -0.25) is 19.5 Å². The molecule has 2 fully saturated rings. The topological polar surface area (TPSA) is 170 Å². The Hall–Kier alpha value is -5.38. The fraction of sp³-hybridized carbons (Fsp3) is 0.345. The fourth-order valence-corrected chi connectivity index (χ4v) is 4.92. The lowest BCUT2D eigenvalue weighted by Gasteiger charge is -2.24. The number of carbonyl (C=O) groups is 4. The smallest absolute Gasteiger partial charge is 0.414 e. The van der Waals surface area contributed by atoms with Crippen molar-refractivity contribution in [1.29, 1.82) is 0 Å². The summed E-state index contributed by atoms with van der Waals surface area (Å²) in [5.74, 6) is -1.02. The summed E-state index contributed by atoms with van der Waals surface area (Å²) in [6.07, 6.45) is 0.338. The van der Waals surface area contributed by atoms with E-state index in [0.29, 0.717) is 47.8 Å². The van der Waals surface area contributed by atoms with Crippen LogP contribution in [-0.2, 0) is 21.0 Å². The molecule has 0 spiro atoms. The van der Waals surface area contributed by atoms with Gasteiger partial charge in [0.15, 0.2) is 0 Å². The summed E-state index contributed by atoms with van der Waals surface area (Å²) in [6, 6.07) is 10.7. The van der Waals surface area contributed by atoms with E-state index in [4.69, 9.17) is 9.26 Å². The van der Waals surface area contributed by atoms with Crippen LogP contribution >= 0.6 is 0 Å². The zero-order valence-corrected chi connectivity index (χ0v) is 24.7. The van der Waals surface area contributed by atoms with Crippen LogP contribution in [0.5, 0.6) is 0 Å². The Bertz CT molecular complexity index is 1640. The third-order valence-corrected chi connectivity index (χ3v) is 7.18. The number of nitrogens with one attached hydrogen (secondary N) is 4. The second-order valence-electron chi connectivity index (χ2n) is 10.5. The van der Waals surface area contributed by atoms with E-state index >= 15 is 4.39 Å². The lowest BCUT2D eigenvalue weighted by atomic mass is 10.1. The molecule has 2 aliphatic rings. The molecule has 1 atom stereocenters. The van der Waals surface area contributed by atoms with Crippen LogP contribution in [-0.4, -0.2) is 79.1 Å². The van der Waals surface area contributed by atoms with E-state index < -0.39 is 29.7 Å². The van der Waals surface area contributed by atoms with Crippen molar-refractivity contribution in [2.24, 2.45) is 0 Å². The maximum atomic E-state index is 15.3. The molecule has 15 nitrogen and oxygen atoms in total. The third kappa shape index (κ3) is 7.59. The van der Waals surface area contributed by atoms with Crippen LogP contribution < -0.4 is 36.8 Å². The first kappa shape index (κ1) is 31.1. The SMILES string of the molecule is CC(=O)NC[C@H]1CN(c2ccc(N3CCNN(C(=O)Nc4ccc(-c5cn(CNC(C)=O)oc5=O)cc4)CC3)c(F)c2)C(=O)O1. The molecule has 238 valence electrons. The van der Waals surface area contributed by atoms with Crippen LogP contribution in [0, 0.1) is 5.82 Å². The predicted molar refractivity (Wildman–Crippen MR) is 161 cm³/mol. The number of hydrazine groups is 1. The van der Waals surface area contributed by atoms with E-state index in [0.717, 1.165) is 0 Å².